The summed E-state index contributed by atoms with van der Waals surface area (Å²) in [7, 11) is -5.63. The Morgan fingerprint density at radius 2 is 0.759 bits per heavy atom. The van der Waals surface area contributed by atoms with Crippen molar-refractivity contribution in [2.24, 2.45) is 0 Å². The molecule has 0 spiro atoms. The van der Waals surface area contributed by atoms with Crippen molar-refractivity contribution in [2.75, 3.05) is 26.4 Å². The number of carbonyl (C=O) groups excluding carboxylic acids is 2. The number of unbranched alkanes of at least 4 members (excludes halogenated alkanes) is 26. The van der Waals surface area contributed by atoms with E-state index in [1.54, 1.807) is 0 Å². The van der Waals surface area contributed by atoms with E-state index in [0.717, 1.165) is 57.8 Å². The Hall–Kier alpha value is -1.55. The van der Waals surface area contributed by atoms with Crippen molar-refractivity contribution < 1.29 is 113 Å². The van der Waals surface area contributed by atoms with Gasteiger partial charge in [0.25, 0.3) is 0 Å². The molecule has 3 rings (SSSR count). The van der Waals surface area contributed by atoms with E-state index in [9.17, 15) is 75.2 Å². The van der Waals surface area contributed by atoms with Crippen LogP contribution in [0, 0.1) is 0 Å². The van der Waals surface area contributed by atoms with Crippen LogP contribution in [-0.4, -0.2) is 204 Å². The third kappa shape index (κ3) is 26.5. The number of ether oxygens (including phenoxy) is 6. The van der Waals surface area contributed by atoms with Gasteiger partial charge in [0, 0.05) is 12.8 Å². The molecule has 0 aromatic carbocycles. The van der Waals surface area contributed by atoms with Crippen LogP contribution in [0.5, 0.6) is 0 Å². The Morgan fingerprint density at radius 3 is 1.11 bits per heavy atom. The molecule has 0 bridgehead atoms. The van der Waals surface area contributed by atoms with Gasteiger partial charge in [-0.15, -0.1) is 0 Å². The van der Waals surface area contributed by atoms with Gasteiger partial charge in [0.1, 0.15) is 92.1 Å². The van der Waals surface area contributed by atoms with Crippen LogP contribution in [0.1, 0.15) is 206 Å². The van der Waals surface area contributed by atoms with Crippen LogP contribution in [0.3, 0.4) is 0 Å². The zero-order valence-corrected chi connectivity index (χ0v) is 48.1. The van der Waals surface area contributed by atoms with Crippen LogP contribution in [0.25, 0.3) is 0 Å². The monoisotopic (exact) mass is 1160 g/mol. The number of rotatable bonds is 44. The van der Waals surface area contributed by atoms with Crippen molar-refractivity contribution >= 4 is 19.8 Å². The van der Waals surface area contributed by atoms with Gasteiger partial charge in [-0.1, -0.05) is 181 Å². The second kappa shape index (κ2) is 40.7. The fourth-order valence-corrected chi connectivity index (χ4v) is 11.1. The Kier molecular flexibility index (Phi) is 36.9. The smallest absolute Gasteiger partial charge is 0.462 e. The summed E-state index contributed by atoms with van der Waals surface area (Å²) in [5.74, 6) is -1.32. The lowest BCUT2D eigenvalue weighted by atomic mass is 9.84. The molecule has 466 valence electrons. The molecule has 16 atom stereocenters. The molecule has 1 saturated carbocycles. The largest absolute Gasteiger partial charge is 0.472 e. The molecule has 12 N–H and O–H groups in total. The van der Waals surface area contributed by atoms with Gasteiger partial charge in [-0.3, -0.25) is 18.6 Å². The first-order valence-electron chi connectivity index (χ1n) is 29.9. The van der Waals surface area contributed by atoms with Crippen LogP contribution in [0.4, 0.5) is 0 Å². The number of phosphoric acid groups is 1. The summed E-state index contributed by atoms with van der Waals surface area (Å²) < 4.78 is 58.1. The molecule has 79 heavy (non-hydrogen) atoms. The molecule has 3 aliphatic rings. The Morgan fingerprint density at radius 1 is 0.430 bits per heavy atom. The van der Waals surface area contributed by atoms with Crippen LogP contribution in [0.15, 0.2) is 0 Å². The first kappa shape index (κ1) is 71.7. The lowest BCUT2D eigenvalue weighted by molar-refractivity contribution is -0.360. The molecule has 1 aliphatic carbocycles. The van der Waals surface area contributed by atoms with Crippen molar-refractivity contribution in [3.8, 4) is 0 Å². The lowest BCUT2D eigenvalue weighted by Gasteiger charge is -2.49. The zero-order valence-electron chi connectivity index (χ0n) is 47.2. The maximum absolute atomic E-state index is 14.0. The minimum Gasteiger partial charge on any atom is -0.462 e. The molecule has 0 radical (unpaired) electrons. The SMILES string of the molecule is CCCCCCCCCCCCCCCCCC(=O)OC(COC(=O)CCCCCCCCCCCCCCC)COP(=O)(O)OC1C(OC2OC(CO)C(O)C(O)C2O)C(O)C(O)C(O)C1OC1OC(CO)C(O)C(O)C1O. The Bertz CT molecular complexity index is 1580. The van der Waals surface area contributed by atoms with Crippen LogP contribution >= 0.6 is 7.82 Å². The van der Waals surface area contributed by atoms with Crippen molar-refractivity contribution in [1.82, 2.24) is 0 Å². The van der Waals surface area contributed by atoms with Gasteiger partial charge in [-0.25, -0.2) is 4.57 Å². The number of aliphatic hydroxyl groups excluding tert-OH is 11. The van der Waals surface area contributed by atoms with Gasteiger partial charge in [0.15, 0.2) is 18.7 Å². The predicted octanol–water partition coefficient (Wildman–Crippen LogP) is 4.15. The standard InChI is InChI=1S/C55H103O23P/c1-3-5-7-9-11-13-15-17-18-20-22-24-26-28-30-32-41(59)73-37(35-71-40(58)31-29-27-25-23-21-19-16-14-12-10-8-6-4-2)36-72-79(69,70)78-53-51(76-54-49(67)44(62)42(60)38(33-56)74-54)47(65)46(64)48(66)52(53)77-55-50(68)45(63)43(61)39(34-57)75-55/h37-39,42-57,60-68H,3-36H2,1-2H3,(H,69,70). The normalized spacial score (nSPS) is 31.4. The highest BCUT2D eigenvalue weighted by Gasteiger charge is 2.58. The van der Waals surface area contributed by atoms with Crippen LogP contribution < -0.4 is 0 Å². The minimum atomic E-state index is -5.63. The summed E-state index contributed by atoms with van der Waals surface area (Å²) in [6.07, 6.45) is -3.46. The molecule has 23 nitrogen and oxygen atoms in total. The number of carbonyl (C=O) groups is 2. The van der Waals surface area contributed by atoms with Gasteiger partial charge < -0.3 is 89.5 Å². The molecular formula is C55H103O23P. The third-order valence-corrected chi connectivity index (χ3v) is 16.2. The van der Waals surface area contributed by atoms with E-state index in [1.165, 1.54) is 109 Å². The van der Waals surface area contributed by atoms with E-state index in [4.69, 9.17) is 37.5 Å². The molecule has 0 aromatic heterocycles. The third-order valence-electron chi connectivity index (χ3n) is 15.2. The average molecular weight is 1160 g/mol. The van der Waals surface area contributed by atoms with E-state index in [0.29, 0.717) is 12.8 Å². The van der Waals surface area contributed by atoms with Crippen molar-refractivity contribution in [2.45, 2.75) is 311 Å². The highest BCUT2D eigenvalue weighted by atomic mass is 31.2. The summed E-state index contributed by atoms with van der Waals surface area (Å²) in [6.45, 7) is 1.03. The van der Waals surface area contributed by atoms with Gasteiger partial charge in [-0.05, 0) is 12.8 Å². The van der Waals surface area contributed by atoms with Gasteiger partial charge in [0.05, 0.1) is 19.8 Å². The summed E-state index contributed by atoms with van der Waals surface area (Å²) in [4.78, 5) is 37.5. The summed E-state index contributed by atoms with van der Waals surface area (Å²) >= 11 is 0. The van der Waals surface area contributed by atoms with Crippen LogP contribution in [0.2, 0.25) is 0 Å². The minimum absolute atomic E-state index is 0.0247. The molecule has 3 fully saturated rings. The molecule has 16 unspecified atom stereocenters. The molecule has 0 aromatic rings. The van der Waals surface area contributed by atoms with Gasteiger partial charge in [0.2, 0.25) is 0 Å². The summed E-state index contributed by atoms with van der Waals surface area (Å²) in [5, 5.41) is 117. The maximum atomic E-state index is 14.0. The van der Waals surface area contributed by atoms with E-state index in [-0.39, 0.29) is 12.8 Å². The van der Waals surface area contributed by atoms with E-state index in [2.05, 4.69) is 13.8 Å². The van der Waals surface area contributed by atoms with Crippen LogP contribution in [-0.2, 0) is 51.6 Å². The number of phosphoric ester groups is 1. The maximum Gasteiger partial charge on any atom is 0.472 e. The van der Waals surface area contributed by atoms with E-state index < -0.39 is 150 Å². The fourth-order valence-electron chi connectivity index (χ4n) is 10.2. The number of aliphatic hydroxyl groups is 11. The van der Waals surface area contributed by atoms with Crippen molar-refractivity contribution in [1.29, 1.82) is 0 Å². The first-order chi connectivity index (χ1) is 37.9. The molecule has 0 amide bonds. The topological polar surface area (TPSA) is 368 Å². The molecule has 2 aliphatic heterocycles. The second-order valence-corrected chi connectivity index (χ2v) is 23.3. The van der Waals surface area contributed by atoms with E-state index >= 15 is 0 Å². The summed E-state index contributed by atoms with van der Waals surface area (Å²) in [6, 6.07) is 0. The Labute approximate surface area is 468 Å². The first-order valence-corrected chi connectivity index (χ1v) is 31.4. The fraction of sp³-hybridized carbons (Fsp3) is 0.964. The molecular weight excluding hydrogens is 1060 g/mol. The van der Waals surface area contributed by atoms with Crippen molar-refractivity contribution in [3.63, 3.8) is 0 Å². The highest BCUT2D eigenvalue weighted by molar-refractivity contribution is 7.47. The Balaban J connectivity index is 1.70. The van der Waals surface area contributed by atoms with Crippen molar-refractivity contribution in [3.05, 3.63) is 0 Å². The zero-order chi connectivity index (χ0) is 58.2. The highest BCUT2D eigenvalue weighted by Crippen LogP contribution is 2.49. The number of hydrogen-bond donors (Lipinski definition) is 12. The van der Waals surface area contributed by atoms with Gasteiger partial charge >= 0.3 is 19.8 Å². The van der Waals surface area contributed by atoms with E-state index in [1.807, 2.05) is 0 Å². The second-order valence-electron chi connectivity index (χ2n) is 21.9. The lowest BCUT2D eigenvalue weighted by Crippen LogP contribution is -2.69. The molecule has 24 heteroatoms. The quantitative estimate of drug-likeness (QED) is 0.0231. The number of hydrogen-bond acceptors (Lipinski definition) is 22. The average Bonchev–Trinajstić information content (AvgIpc) is 3.55. The number of esters is 2. The predicted molar refractivity (Wildman–Crippen MR) is 287 cm³/mol. The van der Waals surface area contributed by atoms with Gasteiger partial charge in [-0.2, -0.15) is 0 Å². The molecule has 2 saturated heterocycles. The molecule has 2 heterocycles. The summed E-state index contributed by atoms with van der Waals surface area (Å²) in [5.41, 5.74) is 0.